The van der Waals surface area contributed by atoms with Crippen LogP contribution < -0.4 is 19.5 Å². The molecule has 2 heterocycles. The van der Waals surface area contributed by atoms with E-state index in [1.54, 1.807) is 12.1 Å². The summed E-state index contributed by atoms with van der Waals surface area (Å²) in [6, 6.07) is 13.2. The quantitative estimate of drug-likeness (QED) is 0.584. The first-order valence-corrected chi connectivity index (χ1v) is 10.2. The molecule has 0 aliphatic carbocycles. The highest BCUT2D eigenvalue weighted by molar-refractivity contribution is 9.10. The van der Waals surface area contributed by atoms with Gasteiger partial charge in [0.1, 0.15) is 5.75 Å². The first-order chi connectivity index (χ1) is 13.6. The minimum Gasteiger partial charge on any atom is -0.484 e. The SMILES string of the molecule is Cc1nc(NC(=O)COc2ccc(Br)cc2)sc1Cc1ccc2c(c1)OCO2. The molecule has 6 nitrogen and oxygen atoms in total. The summed E-state index contributed by atoms with van der Waals surface area (Å²) in [6.45, 7) is 2.13. The summed E-state index contributed by atoms with van der Waals surface area (Å²) in [7, 11) is 0. The van der Waals surface area contributed by atoms with Gasteiger partial charge in [-0.1, -0.05) is 22.0 Å². The smallest absolute Gasteiger partial charge is 0.264 e. The highest BCUT2D eigenvalue weighted by atomic mass is 79.9. The van der Waals surface area contributed by atoms with Crippen LogP contribution in [0.2, 0.25) is 0 Å². The highest BCUT2D eigenvalue weighted by Gasteiger charge is 2.16. The molecule has 1 aliphatic rings. The number of amides is 1. The minimum atomic E-state index is -0.244. The van der Waals surface area contributed by atoms with Crippen molar-refractivity contribution < 1.29 is 19.0 Å². The van der Waals surface area contributed by atoms with E-state index in [0.717, 1.165) is 32.1 Å². The molecule has 144 valence electrons. The Morgan fingerprint density at radius 1 is 1.21 bits per heavy atom. The molecule has 0 saturated heterocycles. The van der Waals surface area contributed by atoms with E-state index >= 15 is 0 Å². The van der Waals surface area contributed by atoms with E-state index in [1.807, 2.05) is 37.3 Å². The number of carbonyl (C=O) groups excluding carboxylic acids is 1. The van der Waals surface area contributed by atoms with Crippen LogP contribution in [0.25, 0.3) is 0 Å². The molecule has 2 aromatic carbocycles. The summed E-state index contributed by atoms with van der Waals surface area (Å²) in [6.07, 6.45) is 0.714. The van der Waals surface area contributed by atoms with Crippen molar-refractivity contribution >= 4 is 38.3 Å². The Morgan fingerprint density at radius 3 is 2.82 bits per heavy atom. The van der Waals surface area contributed by atoms with Gasteiger partial charge < -0.3 is 14.2 Å². The molecule has 1 aliphatic heterocycles. The number of nitrogens with one attached hydrogen (secondary N) is 1. The van der Waals surface area contributed by atoms with Crippen LogP contribution in [0.5, 0.6) is 17.2 Å². The Labute approximate surface area is 174 Å². The molecular weight excluding hydrogens is 444 g/mol. The molecule has 3 aromatic rings. The number of fused-ring (bicyclic) bond motifs is 1. The number of benzene rings is 2. The summed E-state index contributed by atoms with van der Waals surface area (Å²) >= 11 is 4.82. The Morgan fingerprint density at radius 2 is 2.00 bits per heavy atom. The van der Waals surface area contributed by atoms with Gasteiger partial charge in [0.15, 0.2) is 23.2 Å². The van der Waals surface area contributed by atoms with Gasteiger partial charge in [-0.2, -0.15) is 0 Å². The topological polar surface area (TPSA) is 69.7 Å². The lowest BCUT2D eigenvalue weighted by molar-refractivity contribution is -0.118. The summed E-state index contributed by atoms with van der Waals surface area (Å²) in [4.78, 5) is 17.7. The second-order valence-electron chi connectivity index (χ2n) is 6.18. The van der Waals surface area contributed by atoms with Crippen LogP contribution in [-0.2, 0) is 11.2 Å². The van der Waals surface area contributed by atoms with Crippen molar-refractivity contribution in [3.05, 3.63) is 63.1 Å². The Balaban J connectivity index is 1.36. The Bertz CT molecular complexity index is 1000. The predicted octanol–water partition coefficient (Wildman–Crippen LogP) is 4.55. The highest BCUT2D eigenvalue weighted by Crippen LogP contribution is 2.34. The van der Waals surface area contributed by atoms with Gasteiger partial charge in [0.25, 0.3) is 5.91 Å². The zero-order valence-corrected chi connectivity index (χ0v) is 17.4. The lowest BCUT2D eigenvalue weighted by Crippen LogP contribution is -2.20. The van der Waals surface area contributed by atoms with E-state index in [-0.39, 0.29) is 19.3 Å². The normalized spacial score (nSPS) is 12.1. The largest absolute Gasteiger partial charge is 0.484 e. The van der Waals surface area contributed by atoms with Crippen molar-refractivity contribution in [1.29, 1.82) is 0 Å². The monoisotopic (exact) mass is 460 g/mol. The van der Waals surface area contributed by atoms with Crippen molar-refractivity contribution in [1.82, 2.24) is 4.98 Å². The fourth-order valence-corrected chi connectivity index (χ4v) is 3.99. The minimum absolute atomic E-state index is 0.0717. The van der Waals surface area contributed by atoms with Gasteiger partial charge in [-0.05, 0) is 48.9 Å². The number of halogens is 1. The maximum Gasteiger partial charge on any atom is 0.264 e. The van der Waals surface area contributed by atoms with Crippen molar-refractivity contribution in [2.45, 2.75) is 13.3 Å². The Kier molecular flexibility index (Phi) is 5.50. The number of ether oxygens (including phenoxy) is 3. The average Bonchev–Trinajstić information content (AvgIpc) is 3.27. The lowest BCUT2D eigenvalue weighted by atomic mass is 10.1. The van der Waals surface area contributed by atoms with Crippen LogP contribution >= 0.6 is 27.3 Å². The van der Waals surface area contributed by atoms with Crippen LogP contribution in [0, 0.1) is 6.92 Å². The summed E-state index contributed by atoms with van der Waals surface area (Å²) in [5, 5.41) is 3.37. The molecule has 1 amide bonds. The maximum absolute atomic E-state index is 12.2. The van der Waals surface area contributed by atoms with Gasteiger partial charge in [-0.15, -0.1) is 11.3 Å². The molecule has 1 aromatic heterocycles. The van der Waals surface area contributed by atoms with E-state index in [9.17, 15) is 4.79 Å². The molecule has 0 radical (unpaired) electrons. The maximum atomic E-state index is 12.2. The van der Waals surface area contributed by atoms with Gasteiger partial charge in [0.2, 0.25) is 6.79 Å². The third-order valence-electron chi connectivity index (χ3n) is 4.12. The molecule has 0 spiro atoms. The molecule has 0 fully saturated rings. The van der Waals surface area contributed by atoms with Crippen molar-refractivity contribution in [2.75, 3.05) is 18.7 Å². The molecule has 0 unspecified atom stereocenters. The number of hydrogen-bond acceptors (Lipinski definition) is 6. The fourth-order valence-electron chi connectivity index (χ4n) is 2.72. The molecule has 4 rings (SSSR count). The number of rotatable bonds is 6. The van der Waals surface area contributed by atoms with Crippen LogP contribution in [0.3, 0.4) is 0 Å². The van der Waals surface area contributed by atoms with E-state index in [4.69, 9.17) is 14.2 Å². The molecule has 0 atom stereocenters. The first-order valence-electron chi connectivity index (χ1n) is 8.60. The lowest BCUT2D eigenvalue weighted by Gasteiger charge is -2.05. The predicted molar refractivity (Wildman–Crippen MR) is 110 cm³/mol. The third-order valence-corrected chi connectivity index (χ3v) is 5.73. The number of carbonyl (C=O) groups is 1. The first kappa shape index (κ1) is 18.8. The van der Waals surface area contributed by atoms with Crippen LogP contribution in [-0.4, -0.2) is 24.3 Å². The zero-order chi connectivity index (χ0) is 19.5. The number of thiazole rings is 1. The second kappa shape index (κ2) is 8.20. The van der Waals surface area contributed by atoms with Gasteiger partial charge >= 0.3 is 0 Å². The second-order valence-corrected chi connectivity index (χ2v) is 8.18. The van der Waals surface area contributed by atoms with Gasteiger partial charge in [-0.25, -0.2) is 4.98 Å². The fraction of sp³-hybridized carbons (Fsp3) is 0.200. The molecule has 8 heteroatoms. The number of aromatic nitrogens is 1. The number of nitrogens with zero attached hydrogens (tertiary/aromatic N) is 1. The van der Waals surface area contributed by atoms with Gasteiger partial charge in [0, 0.05) is 15.8 Å². The number of anilines is 1. The van der Waals surface area contributed by atoms with E-state index in [0.29, 0.717) is 17.3 Å². The standard InChI is InChI=1S/C20H17BrN2O4S/c1-12-18(9-13-2-7-16-17(8-13)27-11-26-16)28-20(22-12)23-19(24)10-25-15-5-3-14(21)4-6-15/h2-8H,9-11H2,1H3,(H,22,23,24). The zero-order valence-electron chi connectivity index (χ0n) is 15.0. The molecular formula is C20H17BrN2O4S. The van der Waals surface area contributed by atoms with Gasteiger partial charge in [-0.3, -0.25) is 10.1 Å². The number of hydrogen-bond donors (Lipinski definition) is 1. The van der Waals surface area contributed by atoms with Crippen LogP contribution in [0.4, 0.5) is 5.13 Å². The third kappa shape index (κ3) is 4.45. The van der Waals surface area contributed by atoms with Crippen LogP contribution in [0.15, 0.2) is 46.9 Å². The van der Waals surface area contributed by atoms with Gasteiger partial charge in [0.05, 0.1) is 5.69 Å². The molecule has 0 bridgehead atoms. The molecule has 28 heavy (non-hydrogen) atoms. The molecule has 0 saturated carbocycles. The average molecular weight is 461 g/mol. The summed E-state index contributed by atoms with van der Waals surface area (Å²) in [5.41, 5.74) is 2.00. The Hall–Kier alpha value is -2.58. The van der Waals surface area contributed by atoms with Crippen molar-refractivity contribution in [3.8, 4) is 17.2 Å². The van der Waals surface area contributed by atoms with Crippen LogP contribution in [0.1, 0.15) is 16.1 Å². The number of aryl methyl sites for hydroxylation is 1. The van der Waals surface area contributed by atoms with E-state index < -0.39 is 0 Å². The van der Waals surface area contributed by atoms with Crippen molar-refractivity contribution in [3.63, 3.8) is 0 Å². The van der Waals surface area contributed by atoms with E-state index in [1.165, 1.54) is 11.3 Å². The van der Waals surface area contributed by atoms with E-state index in [2.05, 4.69) is 26.2 Å². The summed E-state index contributed by atoms with van der Waals surface area (Å²) in [5.74, 6) is 1.92. The molecule has 1 N–H and O–H groups in total. The summed E-state index contributed by atoms with van der Waals surface area (Å²) < 4.78 is 17.2. The van der Waals surface area contributed by atoms with Crippen molar-refractivity contribution in [2.24, 2.45) is 0 Å².